The Labute approximate surface area is 220 Å². The molecule has 5 atom stereocenters. The molecule has 38 heavy (non-hydrogen) atoms. The molecule has 3 heterocycles. The van der Waals surface area contributed by atoms with E-state index in [1.807, 2.05) is 13.8 Å². The van der Waals surface area contributed by atoms with Crippen LogP contribution in [0.25, 0.3) is 11.2 Å². The molecule has 0 radical (unpaired) electrons. The lowest BCUT2D eigenvalue weighted by atomic mass is 10.1. The molecule has 14 heteroatoms. The number of rotatable bonds is 12. The zero-order chi connectivity index (χ0) is 27.3. The number of carbonyl (C=O) groups excluding carboxylic acids is 1. The van der Waals surface area contributed by atoms with Crippen LogP contribution >= 0.6 is 7.75 Å². The van der Waals surface area contributed by atoms with Crippen molar-refractivity contribution in [3.63, 3.8) is 0 Å². The number of ether oxygens (including phenoxy) is 3. The highest BCUT2D eigenvalue weighted by atomic mass is 31.2. The van der Waals surface area contributed by atoms with E-state index in [1.165, 1.54) is 6.92 Å². The number of anilines is 1. The van der Waals surface area contributed by atoms with Crippen molar-refractivity contribution in [2.75, 3.05) is 25.6 Å². The number of hydrogen-bond acceptors (Lipinski definition) is 11. The van der Waals surface area contributed by atoms with Gasteiger partial charge in [-0.2, -0.15) is 15.1 Å². The number of nitrogen functional groups attached to an aromatic ring is 1. The summed E-state index contributed by atoms with van der Waals surface area (Å²) in [5.41, 5.74) is 6.86. The third-order valence-electron chi connectivity index (χ3n) is 5.81. The SMILES string of the molecule is CCOC(=O)C(C)NP(=O)(OCC1CC(C)C(n2cnc3c(OCC)nc(N)nc32)O1)Oc1ccccc1. The number of para-hydroxylation sites is 1. The zero-order valence-electron chi connectivity index (χ0n) is 21.8. The van der Waals surface area contributed by atoms with Crippen molar-refractivity contribution >= 4 is 30.8 Å². The average Bonchev–Trinajstić information content (AvgIpc) is 3.46. The Hall–Kier alpha value is -3.25. The monoisotopic (exact) mass is 548 g/mol. The topological polar surface area (TPSA) is 162 Å². The van der Waals surface area contributed by atoms with Crippen molar-refractivity contribution < 1.29 is 32.6 Å². The second-order valence-corrected chi connectivity index (χ2v) is 10.5. The maximum Gasteiger partial charge on any atom is 0.459 e. The third kappa shape index (κ3) is 6.41. The van der Waals surface area contributed by atoms with Gasteiger partial charge in [-0.05, 0) is 39.3 Å². The lowest BCUT2D eigenvalue weighted by Gasteiger charge is -2.24. The van der Waals surface area contributed by atoms with Gasteiger partial charge in [-0.25, -0.2) is 9.55 Å². The third-order valence-corrected chi connectivity index (χ3v) is 7.45. The minimum absolute atomic E-state index is 0.0357. The van der Waals surface area contributed by atoms with Crippen LogP contribution < -0.4 is 20.1 Å². The normalized spacial score (nSPS) is 21.6. The fourth-order valence-corrected chi connectivity index (χ4v) is 5.67. The summed E-state index contributed by atoms with van der Waals surface area (Å²) in [6.07, 6.45) is 1.35. The van der Waals surface area contributed by atoms with E-state index in [2.05, 4.69) is 20.0 Å². The molecular weight excluding hydrogens is 515 g/mol. The molecule has 1 saturated heterocycles. The molecule has 3 N–H and O–H groups in total. The molecule has 1 aliphatic heterocycles. The summed E-state index contributed by atoms with van der Waals surface area (Å²) in [5.74, 6) is 0.159. The summed E-state index contributed by atoms with van der Waals surface area (Å²) in [6, 6.07) is 7.64. The van der Waals surface area contributed by atoms with Crippen molar-refractivity contribution in [3.8, 4) is 11.6 Å². The van der Waals surface area contributed by atoms with Gasteiger partial charge in [-0.3, -0.25) is 13.9 Å². The van der Waals surface area contributed by atoms with Crippen LogP contribution in [-0.4, -0.2) is 57.5 Å². The Morgan fingerprint density at radius 1 is 1.26 bits per heavy atom. The molecule has 1 fully saturated rings. The van der Waals surface area contributed by atoms with Gasteiger partial charge >= 0.3 is 13.7 Å². The molecule has 0 bridgehead atoms. The van der Waals surface area contributed by atoms with Gasteiger partial charge in [-0.1, -0.05) is 25.1 Å². The molecule has 13 nitrogen and oxygen atoms in total. The Morgan fingerprint density at radius 2 is 2.03 bits per heavy atom. The van der Waals surface area contributed by atoms with Crippen LogP contribution in [0.1, 0.15) is 40.3 Å². The lowest BCUT2D eigenvalue weighted by Crippen LogP contribution is -2.35. The largest absolute Gasteiger partial charge is 0.476 e. The summed E-state index contributed by atoms with van der Waals surface area (Å²) in [7, 11) is -3.99. The zero-order valence-corrected chi connectivity index (χ0v) is 22.7. The highest BCUT2D eigenvalue weighted by molar-refractivity contribution is 7.52. The maximum absolute atomic E-state index is 13.7. The van der Waals surface area contributed by atoms with Gasteiger partial charge in [0.15, 0.2) is 11.2 Å². The van der Waals surface area contributed by atoms with Crippen LogP contribution in [0, 0.1) is 5.92 Å². The summed E-state index contributed by atoms with van der Waals surface area (Å²) in [4.78, 5) is 25.0. The molecule has 206 valence electrons. The van der Waals surface area contributed by atoms with Gasteiger partial charge in [0.25, 0.3) is 0 Å². The van der Waals surface area contributed by atoms with E-state index in [1.54, 1.807) is 48.1 Å². The molecule has 0 saturated carbocycles. The minimum atomic E-state index is -3.99. The number of carbonyl (C=O) groups is 1. The van der Waals surface area contributed by atoms with Crippen molar-refractivity contribution in [2.24, 2.45) is 5.92 Å². The number of nitrogens with zero attached hydrogens (tertiary/aromatic N) is 4. The number of esters is 1. The van der Waals surface area contributed by atoms with Gasteiger partial charge in [0.1, 0.15) is 18.0 Å². The van der Waals surface area contributed by atoms with Crippen LogP contribution in [-0.2, 0) is 23.4 Å². The predicted molar refractivity (Wildman–Crippen MR) is 138 cm³/mol. The summed E-state index contributed by atoms with van der Waals surface area (Å²) in [6.45, 7) is 7.63. The highest BCUT2D eigenvalue weighted by Gasteiger charge is 2.38. The standard InChI is InChI=1S/C24H33N6O7P/c1-5-33-21-19-20(27-24(25)28-21)30(14-26-19)22-15(3)12-18(36-22)13-35-38(32,29-16(4)23(31)34-6-2)37-17-10-8-7-9-11-17/h7-11,14-16,18,22H,5-6,12-13H2,1-4H3,(H,29,32)(H2,25,27,28). The maximum atomic E-state index is 13.7. The number of aromatic nitrogens is 4. The lowest BCUT2D eigenvalue weighted by molar-refractivity contribution is -0.144. The molecule has 2 aromatic heterocycles. The Balaban J connectivity index is 1.49. The number of fused-ring (bicyclic) bond motifs is 1. The number of imidazole rings is 1. The Morgan fingerprint density at radius 3 is 2.74 bits per heavy atom. The van der Waals surface area contributed by atoms with E-state index >= 15 is 0 Å². The first-order valence-electron chi connectivity index (χ1n) is 12.4. The number of nitrogens with two attached hydrogens (primary N) is 1. The van der Waals surface area contributed by atoms with Crippen LogP contribution in [0.4, 0.5) is 5.95 Å². The van der Waals surface area contributed by atoms with E-state index in [4.69, 9.17) is 29.0 Å². The van der Waals surface area contributed by atoms with E-state index < -0.39 is 32.1 Å². The summed E-state index contributed by atoms with van der Waals surface area (Å²) in [5, 5.41) is 2.67. The number of hydrogen-bond donors (Lipinski definition) is 2. The Kier molecular flexibility index (Phi) is 8.83. The molecule has 4 rings (SSSR count). The van der Waals surface area contributed by atoms with Crippen LogP contribution in [0.2, 0.25) is 0 Å². The van der Waals surface area contributed by atoms with Crippen LogP contribution in [0.15, 0.2) is 36.7 Å². The van der Waals surface area contributed by atoms with Crippen LogP contribution in [0.3, 0.4) is 0 Å². The minimum Gasteiger partial charge on any atom is -0.476 e. The fraction of sp³-hybridized carbons (Fsp3) is 0.500. The second-order valence-electron chi connectivity index (χ2n) is 8.81. The summed E-state index contributed by atoms with van der Waals surface area (Å²) >= 11 is 0. The van der Waals surface area contributed by atoms with Gasteiger partial charge in [0.05, 0.1) is 32.3 Å². The first kappa shape index (κ1) is 27.8. The molecule has 3 aromatic rings. The molecule has 1 aliphatic rings. The van der Waals surface area contributed by atoms with Crippen molar-refractivity contribution in [2.45, 2.75) is 52.5 Å². The van der Waals surface area contributed by atoms with E-state index in [-0.39, 0.29) is 25.1 Å². The van der Waals surface area contributed by atoms with Gasteiger partial charge in [0, 0.05) is 5.92 Å². The van der Waals surface area contributed by atoms with Gasteiger partial charge < -0.3 is 24.5 Å². The van der Waals surface area contributed by atoms with E-state index in [0.29, 0.717) is 35.8 Å². The highest BCUT2D eigenvalue weighted by Crippen LogP contribution is 2.46. The Bertz CT molecular complexity index is 1290. The summed E-state index contributed by atoms with van der Waals surface area (Å²) < 4.78 is 43.8. The van der Waals surface area contributed by atoms with Crippen LogP contribution in [0.5, 0.6) is 11.6 Å². The van der Waals surface area contributed by atoms with Crippen molar-refractivity contribution in [1.82, 2.24) is 24.6 Å². The molecule has 0 aliphatic carbocycles. The molecular formula is C24H33N6O7P. The fourth-order valence-electron chi connectivity index (χ4n) is 4.14. The number of nitrogens with one attached hydrogen (secondary N) is 1. The molecule has 5 unspecified atom stereocenters. The smallest absolute Gasteiger partial charge is 0.459 e. The van der Waals surface area contributed by atoms with E-state index in [9.17, 15) is 9.36 Å². The predicted octanol–water partition coefficient (Wildman–Crippen LogP) is 3.48. The first-order valence-corrected chi connectivity index (χ1v) is 14.0. The van der Waals surface area contributed by atoms with Gasteiger partial charge in [-0.15, -0.1) is 0 Å². The molecule has 1 aromatic carbocycles. The van der Waals surface area contributed by atoms with Crippen molar-refractivity contribution in [1.29, 1.82) is 0 Å². The van der Waals surface area contributed by atoms with E-state index in [0.717, 1.165) is 0 Å². The molecule has 0 spiro atoms. The number of benzene rings is 1. The van der Waals surface area contributed by atoms with Crippen molar-refractivity contribution in [3.05, 3.63) is 36.7 Å². The molecule has 0 amide bonds. The first-order chi connectivity index (χ1) is 18.2. The average molecular weight is 549 g/mol. The quantitative estimate of drug-likeness (QED) is 0.251. The van der Waals surface area contributed by atoms with Gasteiger partial charge in [0.2, 0.25) is 11.8 Å². The second kappa shape index (κ2) is 12.1.